The quantitative estimate of drug-likeness (QED) is 0.483. The van der Waals surface area contributed by atoms with Gasteiger partial charge in [0.1, 0.15) is 0 Å². The van der Waals surface area contributed by atoms with Crippen molar-refractivity contribution in [2.45, 2.75) is 19.0 Å². The van der Waals surface area contributed by atoms with Crippen LogP contribution in [-0.4, -0.2) is 12.1 Å². The lowest BCUT2D eigenvalue weighted by atomic mass is 10.0. The Kier molecular flexibility index (Phi) is 1.69. The first kappa shape index (κ1) is 6.52. The summed E-state index contributed by atoms with van der Waals surface area (Å²) in [6.45, 7) is 2.02. The molecule has 0 saturated heterocycles. The molecule has 2 atom stereocenters. The lowest BCUT2D eigenvalue weighted by Gasteiger charge is -2.16. The van der Waals surface area contributed by atoms with Gasteiger partial charge in [0, 0.05) is 12.1 Å². The molecule has 0 heterocycles. The molecule has 2 unspecified atom stereocenters. The Morgan fingerprint density at radius 1 is 1.33 bits per heavy atom. The van der Waals surface area contributed by atoms with Crippen LogP contribution < -0.4 is 11.5 Å². The van der Waals surface area contributed by atoms with Crippen LogP contribution in [0.4, 0.5) is 0 Å². The standard InChI is InChI=1S/C7H12N2/c1-5-2-3-6(8)7(9)4-5/h2-4,6-7H,8-9H2,1H3. The first-order valence-corrected chi connectivity index (χ1v) is 3.08. The summed E-state index contributed by atoms with van der Waals surface area (Å²) in [7, 11) is 0. The van der Waals surface area contributed by atoms with E-state index in [4.69, 9.17) is 11.5 Å². The van der Waals surface area contributed by atoms with Crippen LogP contribution in [0.2, 0.25) is 0 Å². The molecule has 0 aromatic heterocycles. The fourth-order valence-corrected chi connectivity index (χ4v) is 0.861. The average Bonchev–Trinajstić information content (AvgIpc) is 1.80. The summed E-state index contributed by atoms with van der Waals surface area (Å²) in [5.41, 5.74) is 12.4. The van der Waals surface area contributed by atoms with Gasteiger partial charge in [-0.3, -0.25) is 0 Å². The molecule has 1 rings (SSSR count). The number of nitrogens with two attached hydrogens (primary N) is 2. The van der Waals surface area contributed by atoms with Crippen molar-refractivity contribution in [3.8, 4) is 0 Å². The summed E-state index contributed by atoms with van der Waals surface area (Å²) < 4.78 is 0. The maximum absolute atomic E-state index is 5.62. The zero-order valence-electron chi connectivity index (χ0n) is 5.54. The van der Waals surface area contributed by atoms with E-state index >= 15 is 0 Å². The van der Waals surface area contributed by atoms with Gasteiger partial charge < -0.3 is 11.5 Å². The first-order valence-electron chi connectivity index (χ1n) is 3.08. The van der Waals surface area contributed by atoms with Crippen molar-refractivity contribution in [3.05, 3.63) is 23.8 Å². The van der Waals surface area contributed by atoms with Crippen LogP contribution in [0.15, 0.2) is 23.8 Å². The summed E-state index contributed by atoms with van der Waals surface area (Å²) in [5.74, 6) is 0. The van der Waals surface area contributed by atoms with E-state index in [-0.39, 0.29) is 12.1 Å². The number of rotatable bonds is 0. The molecule has 0 aromatic rings. The van der Waals surface area contributed by atoms with Gasteiger partial charge in [-0.15, -0.1) is 0 Å². The topological polar surface area (TPSA) is 52.0 Å². The Hall–Kier alpha value is -0.600. The highest BCUT2D eigenvalue weighted by atomic mass is 14.8. The largest absolute Gasteiger partial charge is 0.323 e. The molecule has 0 saturated carbocycles. The molecule has 0 bridgehead atoms. The summed E-state index contributed by atoms with van der Waals surface area (Å²) in [5, 5.41) is 0. The third-order valence-corrected chi connectivity index (χ3v) is 1.48. The molecule has 0 fully saturated rings. The van der Waals surface area contributed by atoms with Crippen molar-refractivity contribution >= 4 is 0 Å². The van der Waals surface area contributed by atoms with Gasteiger partial charge in [0.25, 0.3) is 0 Å². The molecule has 4 N–H and O–H groups in total. The molecule has 0 aromatic carbocycles. The predicted molar refractivity (Wildman–Crippen MR) is 38.8 cm³/mol. The highest BCUT2D eigenvalue weighted by Crippen LogP contribution is 2.06. The van der Waals surface area contributed by atoms with E-state index in [1.54, 1.807) is 0 Å². The van der Waals surface area contributed by atoms with Crippen molar-refractivity contribution < 1.29 is 0 Å². The van der Waals surface area contributed by atoms with E-state index in [0.717, 1.165) is 0 Å². The third-order valence-electron chi connectivity index (χ3n) is 1.48. The Bertz CT molecular complexity index is 158. The highest BCUT2D eigenvalue weighted by molar-refractivity contribution is 5.26. The van der Waals surface area contributed by atoms with Gasteiger partial charge in [-0.1, -0.05) is 23.8 Å². The van der Waals surface area contributed by atoms with Crippen molar-refractivity contribution in [2.24, 2.45) is 11.5 Å². The Labute approximate surface area is 55.2 Å². The average molecular weight is 124 g/mol. The minimum absolute atomic E-state index is 0.00806. The summed E-state index contributed by atoms with van der Waals surface area (Å²) in [4.78, 5) is 0. The zero-order valence-corrected chi connectivity index (χ0v) is 5.54. The molecule has 1 aliphatic carbocycles. The van der Waals surface area contributed by atoms with Gasteiger partial charge in [-0.25, -0.2) is 0 Å². The van der Waals surface area contributed by atoms with E-state index in [1.165, 1.54) is 5.57 Å². The highest BCUT2D eigenvalue weighted by Gasteiger charge is 2.09. The van der Waals surface area contributed by atoms with Gasteiger partial charge >= 0.3 is 0 Å². The van der Waals surface area contributed by atoms with Crippen molar-refractivity contribution in [1.82, 2.24) is 0 Å². The normalized spacial score (nSPS) is 34.3. The summed E-state index contributed by atoms with van der Waals surface area (Å²) in [6.07, 6.45) is 5.90. The van der Waals surface area contributed by atoms with Gasteiger partial charge in [0.15, 0.2) is 0 Å². The summed E-state index contributed by atoms with van der Waals surface area (Å²) in [6, 6.07) is 0.0173. The Morgan fingerprint density at radius 3 is 2.44 bits per heavy atom. The SMILES string of the molecule is CC1=CC(N)C(N)C=C1. The van der Waals surface area contributed by atoms with E-state index in [2.05, 4.69) is 0 Å². The van der Waals surface area contributed by atoms with Crippen LogP contribution in [-0.2, 0) is 0 Å². The molecule has 1 aliphatic rings. The van der Waals surface area contributed by atoms with E-state index in [0.29, 0.717) is 0 Å². The van der Waals surface area contributed by atoms with Crippen molar-refractivity contribution in [1.29, 1.82) is 0 Å². The predicted octanol–water partition coefficient (Wildman–Crippen LogP) is 0.157. The monoisotopic (exact) mass is 124 g/mol. The van der Waals surface area contributed by atoms with E-state index in [9.17, 15) is 0 Å². The molecule has 0 radical (unpaired) electrons. The molecular formula is C7H12N2. The van der Waals surface area contributed by atoms with Gasteiger partial charge in [-0.2, -0.15) is 0 Å². The maximum Gasteiger partial charge on any atom is 0.0420 e. The zero-order chi connectivity index (χ0) is 6.85. The molecule has 0 spiro atoms. The van der Waals surface area contributed by atoms with E-state index < -0.39 is 0 Å². The maximum atomic E-state index is 5.62. The van der Waals surface area contributed by atoms with Crippen LogP contribution in [0, 0.1) is 0 Å². The fourth-order valence-electron chi connectivity index (χ4n) is 0.861. The minimum Gasteiger partial charge on any atom is -0.323 e. The van der Waals surface area contributed by atoms with Crippen molar-refractivity contribution in [3.63, 3.8) is 0 Å². The van der Waals surface area contributed by atoms with Crippen molar-refractivity contribution in [2.75, 3.05) is 0 Å². The molecule has 0 amide bonds. The lowest BCUT2D eigenvalue weighted by molar-refractivity contribution is 0.694. The fraction of sp³-hybridized carbons (Fsp3) is 0.429. The second-order valence-electron chi connectivity index (χ2n) is 2.42. The van der Waals surface area contributed by atoms with Gasteiger partial charge in [-0.05, 0) is 6.92 Å². The second kappa shape index (κ2) is 2.33. The molecular weight excluding hydrogens is 112 g/mol. The minimum atomic E-state index is 0.00806. The molecule has 50 valence electrons. The Morgan fingerprint density at radius 2 is 2.00 bits per heavy atom. The molecule has 2 heteroatoms. The number of hydrogen-bond donors (Lipinski definition) is 2. The van der Waals surface area contributed by atoms with Crippen LogP contribution in [0.3, 0.4) is 0 Å². The number of allylic oxidation sites excluding steroid dienone is 2. The van der Waals surface area contributed by atoms with E-state index in [1.807, 2.05) is 25.2 Å². The lowest BCUT2D eigenvalue weighted by Crippen LogP contribution is -2.39. The Balaban J connectivity index is 2.70. The molecule has 0 aliphatic heterocycles. The summed E-state index contributed by atoms with van der Waals surface area (Å²) >= 11 is 0. The molecule has 2 nitrogen and oxygen atoms in total. The molecule has 9 heavy (non-hydrogen) atoms. The van der Waals surface area contributed by atoms with Crippen LogP contribution >= 0.6 is 0 Å². The first-order chi connectivity index (χ1) is 4.20. The van der Waals surface area contributed by atoms with Gasteiger partial charge in [0.2, 0.25) is 0 Å². The smallest absolute Gasteiger partial charge is 0.0420 e. The van der Waals surface area contributed by atoms with Crippen LogP contribution in [0.25, 0.3) is 0 Å². The van der Waals surface area contributed by atoms with Crippen LogP contribution in [0.1, 0.15) is 6.92 Å². The van der Waals surface area contributed by atoms with Crippen LogP contribution in [0.5, 0.6) is 0 Å². The second-order valence-corrected chi connectivity index (χ2v) is 2.42. The van der Waals surface area contributed by atoms with Gasteiger partial charge in [0.05, 0.1) is 0 Å². The third kappa shape index (κ3) is 1.40. The number of hydrogen-bond acceptors (Lipinski definition) is 2.